The van der Waals surface area contributed by atoms with Crippen LogP contribution in [0.1, 0.15) is 18.4 Å². The van der Waals surface area contributed by atoms with Crippen molar-refractivity contribution in [2.24, 2.45) is 0 Å². The number of sulfonamides is 1. The van der Waals surface area contributed by atoms with Crippen LogP contribution < -0.4 is 4.74 Å². The Morgan fingerprint density at radius 2 is 1.81 bits per heavy atom. The first kappa shape index (κ1) is 24.0. The largest absolute Gasteiger partial charge is 0.497 e. The highest BCUT2D eigenvalue weighted by molar-refractivity contribution is 7.89. The summed E-state index contributed by atoms with van der Waals surface area (Å²) in [7, 11) is -0.511. The molecule has 8 heteroatoms. The minimum Gasteiger partial charge on any atom is -0.497 e. The van der Waals surface area contributed by atoms with Crippen LogP contribution in [0.3, 0.4) is 0 Å². The average Bonchev–Trinajstić information content (AvgIpc) is 2.79. The maximum absolute atomic E-state index is 13.4. The third-order valence-electron chi connectivity index (χ3n) is 5.76. The number of piperidine rings is 1. The quantitative estimate of drug-likeness (QED) is 0.534. The molecule has 1 aliphatic heterocycles. The maximum Gasteiger partial charge on any atom is 0.243 e. The van der Waals surface area contributed by atoms with Crippen LogP contribution in [0.25, 0.3) is 0 Å². The zero-order chi connectivity index (χ0) is 22.3. The summed E-state index contributed by atoms with van der Waals surface area (Å²) in [5, 5.41) is 0.748. The third kappa shape index (κ3) is 6.43. The molecule has 0 radical (unpaired) electrons. The zero-order valence-electron chi connectivity index (χ0n) is 18.2. The van der Waals surface area contributed by atoms with Crippen LogP contribution in [0.2, 0.25) is 5.02 Å². The number of likely N-dealkylation sites (tertiary alicyclic amines) is 1. The standard InChI is InChI=1S/C23H31ClN2O4S/c1-29-17-16-26(31(27,28)23-5-3-4-22(18-23)30-2)21-11-14-25(15-12-21)13-10-19-6-8-20(24)9-7-19/h3-9,18,21H,10-17H2,1-2H3. The molecule has 0 saturated carbocycles. The molecule has 0 N–H and O–H groups in total. The van der Waals surface area contributed by atoms with Crippen LogP contribution in [0.5, 0.6) is 5.75 Å². The van der Waals surface area contributed by atoms with Gasteiger partial charge in [-0.3, -0.25) is 0 Å². The number of ether oxygens (including phenoxy) is 2. The Balaban J connectivity index is 1.64. The first-order valence-corrected chi connectivity index (χ1v) is 12.4. The summed E-state index contributed by atoms with van der Waals surface area (Å²) in [6.45, 7) is 3.39. The Labute approximate surface area is 190 Å². The predicted octanol–water partition coefficient (Wildman–Crippen LogP) is 3.69. The minimum atomic E-state index is -3.64. The summed E-state index contributed by atoms with van der Waals surface area (Å²) in [5.41, 5.74) is 1.26. The summed E-state index contributed by atoms with van der Waals surface area (Å²) >= 11 is 5.96. The Morgan fingerprint density at radius 1 is 1.10 bits per heavy atom. The monoisotopic (exact) mass is 466 g/mol. The molecule has 0 bridgehead atoms. The molecule has 6 nitrogen and oxygen atoms in total. The van der Waals surface area contributed by atoms with Gasteiger partial charge in [0.05, 0.1) is 18.6 Å². The molecule has 1 saturated heterocycles. The fourth-order valence-electron chi connectivity index (χ4n) is 3.95. The molecule has 0 unspecified atom stereocenters. The van der Waals surface area contributed by atoms with E-state index in [2.05, 4.69) is 17.0 Å². The van der Waals surface area contributed by atoms with E-state index in [4.69, 9.17) is 21.1 Å². The van der Waals surface area contributed by atoms with Crippen molar-refractivity contribution in [1.82, 2.24) is 9.21 Å². The van der Waals surface area contributed by atoms with Gasteiger partial charge in [0.1, 0.15) is 5.75 Å². The molecular formula is C23H31ClN2O4S. The van der Waals surface area contributed by atoms with E-state index in [1.54, 1.807) is 35.7 Å². The van der Waals surface area contributed by atoms with Crippen molar-refractivity contribution < 1.29 is 17.9 Å². The van der Waals surface area contributed by atoms with Crippen LogP contribution in [-0.2, 0) is 21.2 Å². The van der Waals surface area contributed by atoms with E-state index in [0.29, 0.717) is 18.9 Å². The van der Waals surface area contributed by atoms with Gasteiger partial charge in [0.15, 0.2) is 0 Å². The number of hydrogen-bond acceptors (Lipinski definition) is 5. The number of rotatable bonds is 10. The van der Waals surface area contributed by atoms with E-state index in [1.807, 2.05) is 12.1 Å². The molecule has 2 aromatic rings. The molecule has 0 amide bonds. The zero-order valence-corrected chi connectivity index (χ0v) is 19.7. The SMILES string of the molecule is COCCN(C1CCN(CCc2ccc(Cl)cc2)CC1)S(=O)(=O)c1cccc(OC)c1. The van der Waals surface area contributed by atoms with Crippen molar-refractivity contribution in [2.45, 2.75) is 30.2 Å². The van der Waals surface area contributed by atoms with E-state index >= 15 is 0 Å². The van der Waals surface area contributed by atoms with Crippen molar-refractivity contribution in [3.8, 4) is 5.75 Å². The van der Waals surface area contributed by atoms with Gasteiger partial charge in [0, 0.05) is 37.3 Å². The molecule has 0 aliphatic carbocycles. The van der Waals surface area contributed by atoms with Gasteiger partial charge in [-0.05, 0) is 62.2 Å². The van der Waals surface area contributed by atoms with Gasteiger partial charge in [0.2, 0.25) is 10.0 Å². The van der Waals surface area contributed by atoms with E-state index in [9.17, 15) is 8.42 Å². The molecule has 3 rings (SSSR count). The van der Waals surface area contributed by atoms with Crippen molar-refractivity contribution in [2.75, 3.05) is 47.0 Å². The van der Waals surface area contributed by atoms with Gasteiger partial charge >= 0.3 is 0 Å². The van der Waals surface area contributed by atoms with Gasteiger partial charge in [0.25, 0.3) is 0 Å². The van der Waals surface area contributed by atoms with Gasteiger partial charge in [-0.2, -0.15) is 4.31 Å². The Morgan fingerprint density at radius 3 is 2.45 bits per heavy atom. The molecule has 2 aromatic carbocycles. The molecule has 1 heterocycles. The molecule has 1 aliphatic rings. The predicted molar refractivity (Wildman–Crippen MR) is 123 cm³/mol. The molecular weight excluding hydrogens is 436 g/mol. The number of nitrogens with zero attached hydrogens (tertiary/aromatic N) is 2. The maximum atomic E-state index is 13.4. The molecule has 1 fully saturated rings. The normalized spacial score (nSPS) is 16.0. The van der Waals surface area contributed by atoms with Crippen LogP contribution in [0.4, 0.5) is 0 Å². The van der Waals surface area contributed by atoms with Crippen molar-refractivity contribution in [1.29, 1.82) is 0 Å². The average molecular weight is 467 g/mol. The molecule has 170 valence electrons. The minimum absolute atomic E-state index is 0.0434. The first-order chi connectivity index (χ1) is 14.9. The van der Waals surface area contributed by atoms with Crippen molar-refractivity contribution in [3.63, 3.8) is 0 Å². The van der Waals surface area contributed by atoms with Gasteiger partial charge in [-0.25, -0.2) is 8.42 Å². The number of hydrogen-bond donors (Lipinski definition) is 0. The Bertz CT molecular complexity index is 929. The van der Waals surface area contributed by atoms with Gasteiger partial charge in [-0.15, -0.1) is 0 Å². The van der Waals surface area contributed by atoms with E-state index in [-0.39, 0.29) is 10.9 Å². The number of methoxy groups -OCH3 is 2. The van der Waals surface area contributed by atoms with E-state index in [1.165, 1.54) is 12.7 Å². The highest BCUT2D eigenvalue weighted by Crippen LogP contribution is 2.26. The van der Waals surface area contributed by atoms with Crippen LogP contribution in [0.15, 0.2) is 53.4 Å². The lowest BCUT2D eigenvalue weighted by Gasteiger charge is -2.37. The lowest BCUT2D eigenvalue weighted by Crippen LogP contribution is -2.48. The lowest BCUT2D eigenvalue weighted by molar-refractivity contribution is 0.128. The van der Waals surface area contributed by atoms with Crippen LogP contribution in [0, 0.1) is 0 Å². The van der Waals surface area contributed by atoms with Crippen molar-refractivity contribution >= 4 is 21.6 Å². The van der Waals surface area contributed by atoms with Gasteiger partial charge in [-0.1, -0.05) is 29.8 Å². The van der Waals surface area contributed by atoms with Crippen LogP contribution >= 0.6 is 11.6 Å². The fraction of sp³-hybridized carbons (Fsp3) is 0.478. The third-order valence-corrected chi connectivity index (χ3v) is 7.96. The summed E-state index contributed by atoms with van der Waals surface area (Å²) in [4.78, 5) is 2.66. The highest BCUT2D eigenvalue weighted by atomic mass is 35.5. The highest BCUT2D eigenvalue weighted by Gasteiger charge is 2.33. The Kier molecular flexibility index (Phi) is 8.75. The van der Waals surface area contributed by atoms with Gasteiger partial charge < -0.3 is 14.4 Å². The summed E-state index contributed by atoms with van der Waals surface area (Å²) in [6.07, 6.45) is 2.55. The smallest absolute Gasteiger partial charge is 0.243 e. The lowest BCUT2D eigenvalue weighted by atomic mass is 10.0. The summed E-state index contributed by atoms with van der Waals surface area (Å²) in [6, 6.07) is 14.6. The summed E-state index contributed by atoms with van der Waals surface area (Å²) in [5.74, 6) is 0.532. The second-order valence-corrected chi connectivity index (χ2v) is 10.1. The second-order valence-electron chi connectivity index (χ2n) is 7.74. The topological polar surface area (TPSA) is 59.1 Å². The molecule has 0 aromatic heterocycles. The molecule has 31 heavy (non-hydrogen) atoms. The number of benzene rings is 2. The second kappa shape index (κ2) is 11.3. The Hall–Kier alpha value is -1.64. The fourth-order valence-corrected chi connectivity index (χ4v) is 5.78. The van der Waals surface area contributed by atoms with Crippen molar-refractivity contribution in [3.05, 3.63) is 59.1 Å². The summed E-state index contributed by atoms with van der Waals surface area (Å²) < 4.78 is 38.9. The number of halogens is 1. The van der Waals surface area contributed by atoms with E-state index < -0.39 is 10.0 Å². The van der Waals surface area contributed by atoms with Crippen LogP contribution in [-0.4, -0.2) is 70.7 Å². The molecule has 0 spiro atoms. The van der Waals surface area contributed by atoms with E-state index in [0.717, 1.165) is 43.9 Å². The molecule has 0 atom stereocenters. The first-order valence-electron chi connectivity index (χ1n) is 10.6.